The quantitative estimate of drug-likeness (QED) is 0.691. The molecule has 1 heterocycles. The first-order chi connectivity index (χ1) is 12.5. The van der Waals surface area contributed by atoms with Crippen LogP contribution in [0.15, 0.2) is 35.7 Å². The number of nitrogens with zero attached hydrogens (tertiary/aromatic N) is 1. The van der Waals surface area contributed by atoms with Crippen LogP contribution in [0.25, 0.3) is 6.08 Å². The molecular formula is C19H23ClN2O3S. The zero-order valence-corrected chi connectivity index (χ0v) is 16.9. The number of rotatable bonds is 8. The highest BCUT2D eigenvalue weighted by molar-refractivity contribution is 7.10. The van der Waals surface area contributed by atoms with Crippen molar-refractivity contribution in [2.45, 2.75) is 6.04 Å². The van der Waals surface area contributed by atoms with E-state index in [1.54, 1.807) is 36.7 Å². The van der Waals surface area contributed by atoms with Crippen molar-refractivity contribution >= 4 is 34.9 Å². The third-order valence-corrected chi connectivity index (χ3v) is 5.10. The Morgan fingerprint density at radius 1 is 1.35 bits per heavy atom. The van der Waals surface area contributed by atoms with Crippen molar-refractivity contribution in [3.05, 3.63) is 51.2 Å². The molecule has 0 aliphatic carbocycles. The van der Waals surface area contributed by atoms with Gasteiger partial charge in [-0.3, -0.25) is 4.79 Å². The standard InChI is InChI=1S/C19H23ClN2O3S/c1-22(2)15(17-6-5-9-26-17)12-21-18(23)8-7-13-10-14(20)19(25-4)16(11-13)24-3/h5-11,15H,12H2,1-4H3,(H,21,23)/b8-7+. The molecule has 0 spiro atoms. The van der Waals surface area contributed by atoms with Crippen LogP contribution in [0.4, 0.5) is 0 Å². The molecule has 1 aromatic carbocycles. The number of hydrogen-bond acceptors (Lipinski definition) is 5. The molecule has 1 N–H and O–H groups in total. The van der Waals surface area contributed by atoms with Crippen molar-refractivity contribution in [2.24, 2.45) is 0 Å². The van der Waals surface area contributed by atoms with Gasteiger partial charge in [-0.2, -0.15) is 0 Å². The van der Waals surface area contributed by atoms with E-state index >= 15 is 0 Å². The van der Waals surface area contributed by atoms with E-state index in [2.05, 4.69) is 16.3 Å². The van der Waals surface area contributed by atoms with Crippen LogP contribution >= 0.6 is 22.9 Å². The van der Waals surface area contributed by atoms with Crippen LogP contribution < -0.4 is 14.8 Å². The number of ether oxygens (including phenoxy) is 2. The van der Waals surface area contributed by atoms with Crippen LogP contribution in [0.1, 0.15) is 16.5 Å². The minimum absolute atomic E-state index is 0.142. The summed E-state index contributed by atoms with van der Waals surface area (Å²) in [5.41, 5.74) is 0.755. The Morgan fingerprint density at radius 2 is 2.12 bits per heavy atom. The van der Waals surface area contributed by atoms with E-state index < -0.39 is 0 Å². The molecule has 0 bridgehead atoms. The van der Waals surface area contributed by atoms with Gasteiger partial charge in [0.2, 0.25) is 5.91 Å². The predicted octanol–water partition coefficient (Wildman–Crippen LogP) is 3.85. The third kappa shape index (κ3) is 5.24. The summed E-state index contributed by atoms with van der Waals surface area (Å²) in [5, 5.41) is 5.40. The first-order valence-electron chi connectivity index (χ1n) is 8.03. The first-order valence-corrected chi connectivity index (χ1v) is 9.29. The molecule has 0 aliphatic rings. The van der Waals surface area contributed by atoms with Gasteiger partial charge in [0, 0.05) is 17.5 Å². The van der Waals surface area contributed by atoms with Gasteiger partial charge < -0.3 is 19.7 Å². The highest BCUT2D eigenvalue weighted by atomic mass is 35.5. The number of halogens is 1. The molecular weight excluding hydrogens is 372 g/mol. The Hall–Kier alpha value is -2.02. The summed E-state index contributed by atoms with van der Waals surface area (Å²) in [6.07, 6.45) is 3.18. The molecule has 0 saturated carbocycles. The van der Waals surface area contributed by atoms with E-state index in [-0.39, 0.29) is 11.9 Å². The predicted molar refractivity (Wildman–Crippen MR) is 107 cm³/mol. The van der Waals surface area contributed by atoms with Crippen LogP contribution in [0.5, 0.6) is 11.5 Å². The van der Waals surface area contributed by atoms with E-state index in [4.69, 9.17) is 21.1 Å². The maximum Gasteiger partial charge on any atom is 0.244 e. The molecule has 26 heavy (non-hydrogen) atoms. The van der Waals surface area contributed by atoms with Crippen LogP contribution in [-0.2, 0) is 4.79 Å². The van der Waals surface area contributed by atoms with Crippen LogP contribution in [-0.4, -0.2) is 45.7 Å². The van der Waals surface area contributed by atoms with Crippen LogP contribution in [0.2, 0.25) is 5.02 Å². The molecule has 0 fully saturated rings. The molecule has 0 radical (unpaired) electrons. The number of carbonyl (C=O) groups excluding carboxylic acids is 1. The minimum atomic E-state index is -0.167. The molecule has 2 rings (SSSR count). The van der Waals surface area contributed by atoms with Gasteiger partial charge in [0.25, 0.3) is 0 Å². The normalized spacial score (nSPS) is 12.4. The monoisotopic (exact) mass is 394 g/mol. The fraction of sp³-hybridized carbons (Fsp3) is 0.316. The largest absolute Gasteiger partial charge is 0.493 e. The number of benzene rings is 1. The number of likely N-dealkylation sites (N-methyl/N-ethyl adjacent to an activating group) is 1. The van der Waals surface area contributed by atoms with E-state index in [9.17, 15) is 4.79 Å². The molecule has 7 heteroatoms. The zero-order chi connectivity index (χ0) is 19.1. The Labute approximate surface area is 163 Å². The number of carbonyl (C=O) groups is 1. The molecule has 0 saturated heterocycles. The third-order valence-electron chi connectivity index (χ3n) is 3.85. The van der Waals surface area contributed by atoms with Gasteiger partial charge in [0.05, 0.1) is 25.3 Å². The minimum Gasteiger partial charge on any atom is -0.493 e. The average Bonchev–Trinajstić information content (AvgIpc) is 3.13. The van der Waals surface area contributed by atoms with Crippen molar-refractivity contribution in [3.8, 4) is 11.5 Å². The lowest BCUT2D eigenvalue weighted by atomic mass is 10.1. The van der Waals surface area contributed by atoms with Crippen molar-refractivity contribution in [2.75, 3.05) is 34.9 Å². The van der Waals surface area contributed by atoms with Crippen LogP contribution in [0, 0.1) is 0 Å². The number of hydrogen-bond donors (Lipinski definition) is 1. The number of nitrogens with one attached hydrogen (secondary N) is 1. The molecule has 1 aromatic heterocycles. The summed E-state index contributed by atoms with van der Waals surface area (Å²) in [7, 11) is 7.07. The van der Waals surface area contributed by atoms with Crippen molar-refractivity contribution in [1.29, 1.82) is 0 Å². The summed E-state index contributed by atoms with van der Waals surface area (Å²) < 4.78 is 10.5. The summed E-state index contributed by atoms with van der Waals surface area (Å²) >= 11 is 7.86. The maximum absolute atomic E-state index is 12.2. The topological polar surface area (TPSA) is 50.8 Å². The SMILES string of the molecule is COc1cc(/C=C/C(=O)NCC(c2cccs2)N(C)C)cc(Cl)c1OC. The van der Waals surface area contributed by atoms with Gasteiger partial charge in [0.1, 0.15) is 0 Å². The van der Waals surface area contributed by atoms with Gasteiger partial charge in [-0.25, -0.2) is 0 Å². The fourth-order valence-electron chi connectivity index (χ4n) is 2.48. The molecule has 140 valence electrons. The summed E-state index contributed by atoms with van der Waals surface area (Å²) in [5.74, 6) is 0.824. The Morgan fingerprint density at radius 3 is 2.69 bits per heavy atom. The van der Waals surface area contributed by atoms with Gasteiger partial charge in [-0.05, 0) is 49.3 Å². The molecule has 0 aliphatic heterocycles. The lowest BCUT2D eigenvalue weighted by Gasteiger charge is -2.23. The highest BCUT2D eigenvalue weighted by Crippen LogP contribution is 2.36. The molecule has 1 amide bonds. The lowest BCUT2D eigenvalue weighted by Crippen LogP contribution is -2.33. The molecule has 2 aromatic rings. The average molecular weight is 395 g/mol. The van der Waals surface area contributed by atoms with Crippen molar-refractivity contribution in [1.82, 2.24) is 10.2 Å². The second kappa shape index (κ2) is 9.62. The fourth-order valence-corrected chi connectivity index (χ4v) is 3.70. The van der Waals surface area contributed by atoms with Gasteiger partial charge in [-0.15, -0.1) is 11.3 Å². The van der Waals surface area contributed by atoms with Gasteiger partial charge >= 0.3 is 0 Å². The van der Waals surface area contributed by atoms with E-state index in [0.717, 1.165) is 5.56 Å². The second-order valence-corrected chi connectivity index (χ2v) is 7.20. The van der Waals surface area contributed by atoms with E-state index in [1.807, 2.05) is 25.5 Å². The van der Waals surface area contributed by atoms with Crippen molar-refractivity contribution in [3.63, 3.8) is 0 Å². The summed E-state index contributed by atoms with van der Waals surface area (Å²) in [6.45, 7) is 0.531. The lowest BCUT2D eigenvalue weighted by molar-refractivity contribution is -0.116. The molecule has 1 atom stereocenters. The van der Waals surface area contributed by atoms with E-state index in [0.29, 0.717) is 23.1 Å². The van der Waals surface area contributed by atoms with Crippen LogP contribution in [0.3, 0.4) is 0 Å². The Kier molecular flexibility index (Phi) is 7.50. The number of amides is 1. The van der Waals surface area contributed by atoms with E-state index in [1.165, 1.54) is 18.1 Å². The summed E-state index contributed by atoms with van der Waals surface area (Å²) in [4.78, 5) is 15.5. The van der Waals surface area contributed by atoms with Gasteiger partial charge in [-0.1, -0.05) is 17.7 Å². The molecule has 1 unspecified atom stereocenters. The Bertz CT molecular complexity index is 760. The Balaban J connectivity index is 2.02. The smallest absolute Gasteiger partial charge is 0.244 e. The van der Waals surface area contributed by atoms with Crippen molar-refractivity contribution < 1.29 is 14.3 Å². The maximum atomic E-state index is 12.2. The number of methoxy groups -OCH3 is 2. The zero-order valence-electron chi connectivity index (χ0n) is 15.3. The van der Waals surface area contributed by atoms with Gasteiger partial charge in [0.15, 0.2) is 11.5 Å². The highest BCUT2D eigenvalue weighted by Gasteiger charge is 2.15. The molecule has 5 nitrogen and oxygen atoms in total. The second-order valence-electron chi connectivity index (χ2n) is 5.81. The number of thiophene rings is 1. The first kappa shape index (κ1) is 20.3. The summed E-state index contributed by atoms with van der Waals surface area (Å²) in [6, 6.07) is 7.72.